The fourth-order valence-corrected chi connectivity index (χ4v) is 11.4. The first kappa shape index (κ1) is 36.1. The van der Waals surface area contributed by atoms with E-state index in [1.807, 2.05) is 0 Å². The first-order valence-corrected chi connectivity index (χ1v) is 18.1. The van der Waals surface area contributed by atoms with Crippen LogP contribution in [0.15, 0.2) is 11.6 Å². The maximum absolute atomic E-state index is 12.5. The molecule has 0 unspecified atom stereocenters. The van der Waals surface area contributed by atoms with Gasteiger partial charge in [0, 0.05) is 11.5 Å². The maximum Gasteiger partial charge on any atom is 0.331 e. The summed E-state index contributed by atoms with van der Waals surface area (Å²) in [4.78, 5) is 11.9. The number of ether oxygens (including phenoxy) is 5. The molecule has 0 spiro atoms. The Bertz CT molecular complexity index is 1260. The molecule has 6 fully saturated rings. The van der Waals surface area contributed by atoms with Gasteiger partial charge in [-0.05, 0) is 92.4 Å². The Morgan fingerprint density at radius 2 is 1.47 bits per heavy atom. The van der Waals surface area contributed by atoms with E-state index in [0.29, 0.717) is 24.9 Å². The lowest BCUT2D eigenvalue weighted by molar-refractivity contribution is -0.364. The van der Waals surface area contributed by atoms with Gasteiger partial charge in [-0.2, -0.15) is 0 Å². The monoisotopic (exact) mass is 698 g/mol. The molecule has 0 aromatic rings. The highest BCUT2D eigenvalue weighted by molar-refractivity contribution is 5.85. The molecule has 4 aliphatic carbocycles. The van der Waals surface area contributed by atoms with Gasteiger partial charge < -0.3 is 64.5 Å². The van der Waals surface area contributed by atoms with Crippen molar-refractivity contribution in [1.82, 2.24) is 0 Å². The zero-order chi connectivity index (χ0) is 35.0. The number of cyclic esters (lactones) is 1. The van der Waals surface area contributed by atoms with Gasteiger partial charge in [0.1, 0.15) is 55.4 Å². The van der Waals surface area contributed by atoms with Crippen LogP contribution in [0.2, 0.25) is 0 Å². The summed E-state index contributed by atoms with van der Waals surface area (Å²) >= 11 is 0. The molecule has 0 radical (unpaired) electrons. The number of carbonyl (C=O) groups excluding carboxylic acids is 1. The van der Waals surface area contributed by atoms with Crippen molar-refractivity contribution < 1.29 is 69.3 Å². The summed E-state index contributed by atoms with van der Waals surface area (Å²) in [7, 11) is 0. The number of fused-ring (bicyclic) bond motifs is 5. The number of aliphatic hydroxyl groups is 8. The van der Waals surface area contributed by atoms with Crippen molar-refractivity contribution in [2.45, 2.75) is 145 Å². The van der Waals surface area contributed by atoms with Crippen LogP contribution < -0.4 is 0 Å². The van der Waals surface area contributed by atoms with Crippen molar-refractivity contribution in [3.8, 4) is 0 Å². The Labute approximate surface area is 285 Å². The molecule has 0 aromatic heterocycles. The van der Waals surface area contributed by atoms with Gasteiger partial charge in [0.25, 0.3) is 0 Å². The summed E-state index contributed by atoms with van der Waals surface area (Å²) in [5.74, 6) is 0.683. The second-order valence-electron chi connectivity index (χ2n) is 16.3. The second kappa shape index (κ2) is 13.3. The molecule has 7 aliphatic rings. The van der Waals surface area contributed by atoms with Crippen LogP contribution in [-0.4, -0.2) is 140 Å². The van der Waals surface area contributed by atoms with E-state index in [2.05, 4.69) is 13.8 Å². The van der Waals surface area contributed by atoms with E-state index < -0.39 is 80.2 Å². The minimum atomic E-state index is -1.74. The number of esters is 1. The average Bonchev–Trinajstić information content (AvgIpc) is 3.63. The molecule has 3 aliphatic heterocycles. The summed E-state index contributed by atoms with van der Waals surface area (Å²) < 4.78 is 28.6. The summed E-state index contributed by atoms with van der Waals surface area (Å²) in [5, 5.41) is 84.9. The predicted octanol–water partition coefficient (Wildman–Crippen LogP) is -0.747. The van der Waals surface area contributed by atoms with Gasteiger partial charge in [0.2, 0.25) is 0 Å². The molecule has 2 saturated heterocycles. The molecule has 8 N–H and O–H groups in total. The van der Waals surface area contributed by atoms with Gasteiger partial charge >= 0.3 is 5.97 Å². The zero-order valence-electron chi connectivity index (χ0n) is 28.3. The number of carbonyl (C=O) groups is 1. The SMILES string of the molecule is C[C@]12CC[C@H](O[C@@H]3O[C@H](CO)[C@@H](O[C@@H]4O[C@H](CO)[C@@H](O)[C@H](O)[C@H]4O)[C@H](O)[C@H]3O)C[C@@H]1CC[C@H]1[C@@H]2CC[C@]2(C)[C@@H](C3=CC(=O)OC3)CC[C@]12O. The van der Waals surface area contributed by atoms with E-state index in [1.54, 1.807) is 6.08 Å². The Balaban J connectivity index is 0.990. The highest BCUT2D eigenvalue weighted by Crippen LogP contribution is 2.70. The van der Waals surface area contributed by atoms with Crippen LogP contribution in [-0.2, 0) is 28.5 Å². The van der Waals surface area contributed by atoms with Crippen LogP contribution in [0.25, 0.3) is 0 Å². The van der Waals surface area contributed by atoms with Crippen molar-refractivity contribution in [1.29, 1.82) is 0 Å². The Morgan fingerprint density at radius 3 is 2.16 bits per heavy atom. The van der Waals surface area contributed by atoms with Gasteiger partial charge in [-0.15, -0.1) is 0 Å². The number of hydrogen-bond donors (Lipinski definition) is 8. The van der Waals surface area contributed by atoms with Crippen LogP contribution >= 0.6 is 0 Å². The highest BCUT2D eigenvalue weighted by atomic mass is 16.7. The van der Waals surface area contributed by atoms with E-state index in [4.69, 9.17) is 23.7 Å². The molecule has 7 rings (SSSR count). The molecule has 278 valence electrons. The van der Waals surface area contributed by atoms with Crippen LogP contribution in [0.1, 0.15) is 71.6 Å². The van der Waals surface area contributed by atoms with Crippen molar-refractivity contribution in [3.63, 3.8) is 0 Å². The van der Waals surface area contributed by atoms with Crippen LogP contribution in [0.5, 0.6) is 0 Å². The molecular formula is C35H54O14. The Kier molecular flexibility index (Phi) is 9.80. The van der Waals surface area contributed by atoms with Crippen molar-refractivity contribution >= 4 is 5.97 Å². The zero-order valence-corrected chi connectivity index (χ0v) is 28.3. The number of aliphatic hydroxyl groups excluding tert-OH is 7. The average molecular weight is 699 g/mol. The fraction of sp³-hybridized carbons (Fsp3) is 0.914. The Morgan fingerprint density at radius 1 is 0.776 bits per heavy atom. The topological polar surface area (TPSA) is 225 Å². The Hall–Kier alpha value is -1.27. The van der Waals surface area contributed by atoms with Gasteiger partial charge in [-0.1, -0.05) is 13.8 Å². The normalized spacial score (nSPS) is 54.4. The van der Waals surface area contributed by atoms with Gasteiger partial charge in [-0.25, -0.2) is 4.79 Å². The standard InChI is InChI=1S/C35H54O14/c1-33-8-5-18(46-31-29(43)27(41)30(23(14-37)48-31)49-32-28(42)26(40)25(39)22(13-36)47-32)12-17(33)3-4-21-20(33)6-9-34(2)19(7-10-35(21,34)44)16-11-24(38)45-15-16/h11,17-23,25-32,36-37,39-44H,3-10,12-15H2,1-2H3/t17-,18-,19+,20-,21-,22+,23+,25+,26-,27+,28+,29+,30+,31+,32-,33-,34+,35-/m0/s1. The van der Waals surface area contributed by atoms with E-state index in [0.717, 1.165) is 56.9 Å². The van der Waals surface area contributed by atoms with Crippen LogP contribution in [0.4, 0.5) is 0 Å². The van der Waals surface area contributed by atoms with E-state index in [1.165, 1.54) is 0 Å². The van der Waals surface area contributed by atoms with Gasteiger partial charge in [-0.3, -0.25) is 0 Å². The van der Waals surface area contributed by atoms with E-state index in [9.17, 15) is 45.6 Å². The molecular weight excluding hydrogens is 644 g/mol. The minimum absolute atomic E-state index is 0.00679. The van der Waals surface area contributed by atoms with Crippen molar-refractivity contribution in [3.05, 3.63) is 11.6 Å². The number of rotatable bonds is 7. The largest absolute Gasteiger partial charge is 0.458 e. The second-order valence-corrected chi connectivity index (χ2v) is 16.3. The summed E-state index contributed by atoms with van der Waals surface area (Å²) in [5.41, 5.74) is -0.0991. The van der Waals surface area contributed by atoms with E-state index >= 15 is 0 Å². The summed E-state index contributed by atoms with van der Waals surface area (Å²) in [6, 6.07) is 0. The predicted molar refractivity (Wildman–Crippen MR) is 167 cm³/mol. The van der Waals surface area contributed by atoms with Crippen LogP contribution in [0.3, 0.4) is 0 Å². The third kappa shape index (κ3) is 5.73. The first-order chi connectivity index (χ1) is 23.3. The maximum atomic E-state index is 12.5. The summed E-state index contributed by atoms with van der Waals surface area (Å²) in [6.45, 7) is 3.60. The minimum Gasteiger partial charge on any atom is -0.458 e. The molecule has 3 heterocycles. The lowest BCUT2D eigenvalue weighted by Crippen LogP contribution is -2.65. The molecule has 4 saturated carbocycles. The fourth-order valence-electron chi connectivity index (χ4n) is 11.4. The lowest BCUT2D eigenvalue weighted by Gasteiger charge is -2.64. The molecule has 14 heteroatoms. The summed E-state index contributed by atoms with van der Waals surface area (Å²) in [6.07, 6.45) is -5.96. The quantitative estimate of drug-likeness (QED) is 0.121. The third-order valence-corrected chi connectivity index (χ3v) is 14.2. The van der Waals surface area contributed by atoms with Crippen molar-refractivity contribution in [2.75, 3.05) is 19.8 Å². The lowest BCUT2D eigenvalue weighted by atomic mass is 9.43. The molecule has 14 nitrogen and oxygen atoms in total. The van der Waals surface area contributed by atoms with E-state index in [-0.39, 0.29) is 34.7 Å². The molecule has 49 heavy (non-hydrogen) atoms. The molecule has 0 bridgehead atoms. The molecule has 18 atom stereocenters. The highest BCUT2D eigenvalue weighted by Gasteiger charge is 2.68. The smallest absolute Gasteiger partial charge is 0.331 e. The molecule has 0 aromatic carbocycles. The van der Waals surface area contributed by atoms with Gasteiger partial charge in [0.05, 0.1) is 24.9 Å². The first-order valence-electron chi connectivity index (χ1n) is 18.1. The third-order valence-electron chi connectivity index (χ3n) is 14.2. The van der Waals surface area contributed by atoms with Gasteiger partial charge in [0.15, 0.2) is 12.6 Å². The molecule has 0 amide bonds. The van der Waals surface area contributed by atoms with Crippen LogP contribution in [0, 0.1) is 34.5 Å². The number of hydrogen-bond acceptors (Lipinski definition) is 14. The van der Waals surface area contributed by atoms with Crippen molar-refractivity contribution in [2.24, 2.45) is 34.5 Å².